The first-order valence-corrected chi connectivity index (χ1v) is 13.2. The van der Waals surface area contributed by atoms with E-state index in [1.54, 1.807) is 12.1 Å². The van der Waals surface area contributed by atoms with E-state index in [1.165, 1.54) is 12.1 Å². The van der Waals surface area contributed by atoms with E-state index in [0.717, 1.165) is 41.2 Å². The van der Waals surface area contributed by atoms with Gasteiger partial charge in [-0.25, -0.2) is 18.5 Å². The predicted molar refractivity (Wildman–Crippen MR) is 138 cm³/mol. The van der Waals surface area contributed by atoms with Crippen molar-refractivity contribution in [3.8, 4) is 0 Å². The minimum atomic E-state index is -3.70. The van der Waals surface area contributed by atoms with Crippen molar-refractivity contribution in [1.82, 2.24) is 15.0 Å². The molecule has 0 bridgehead atoms. The molecule has 0 amide bonds. The summed E-state index contributed by atoms with van der Waals surface area (Å²) >= 11 is 0. The van der Waals surface area contributed by atoms with E-state index in [2.05, 4.69) is 41.5 Å². The molecule has 0 atom stereocenters. The number of aromatic nitrogens is 4. The second-order valence-corrected chi connectivity index (χ2v) is 10.2. The molecule has 1 aliphatic heterocycles. The maximum Gasteiger partial charge on any atom is 0.347 e. The largest absolute Gasteiger partial charge is 0.376 e. The van der Waals surface area contributed by atoms with Gasteiger partial charge in [-0.1, -0.05) is 29.2 Å². The molecule has 0 unspecified atom stereocenters. The number of morpholine rings is 1. The van der Waals surface area contributed by atoms with Crippen LogP contribution in [0.1, 0.15) is 11.1 Å². The topological polar surface area (TPSA) is 152 Å². The molecular weight excluding hydrogens is 480 g/mol. The van der Waals surface area contributed by atoms with Crippen LogP contribution < -0.4 is 25.7 Å². The van der Waals surface area contributed by atoms with Gasteiger partial charge in [0.15, 0.2) is 5.52 Å². The van der Waals surface area contributed by atoms with E-state index in [0.29, 0.717) is 43.7 Å². The molecule has 3 heterocycles. The third-order valence-electron chi connectivity index (χ3n) is 5.94. The number of rotatable bonds is 8. The molecule has 12 heteroatoms. The summed E-state index contributed by atoms with van der Waals surface area (Å²) in [6, 6.07) is 14.6. The van der Waals surface area contributed by atoms with Gasteiger partial charge in [0, 0.05) is 5.69 Å². The number of nitrogens with zero attached hydrogens (tertiary/aromatic N) is 3. The summed E-state index contributed by atoms with van der Waals surface area (Å²) in [7, 11) is -3.70. The molecule has 2 aromatic carbocycles. The van der Waals surface area contributed by atoms with Crippen LogP contribution in [0.2, 0.25) is 0 Å². The highest BCUT2D eigenvalue weighted by Crippen LogP contribution is 2.24. The van der Waals surface area contributed by atoms with Crippen LogP contribution >= 0.6 is 0 Å². The number of H-pyrrole nitrogens is 2. The highest BCUT2D eigenvalue weighted by atomic mass is 32.2. The van der Waals surface area contributed by atoms with Gasteiger partial charge >= 0.3 is 5.95 Å². The molecule has 4 aromatic rings. The summed E-state index contributed by atoms with van der Waals surface area (Å²) in [6.07, 6.45) is 0.673. The van der Waals surface area contributed by atoms with Gasteiger partial charge < -0.3 is 19.9 Å². The van der Waals surface area contributed by atoms with Gasteiger partial charge in [-0.05, 0) is 48.7 Å². The van der Waals surface area contributed by atoms with E-state index in [1.807, 2.05) is 25.1 Å². The Morgan fingerprint density at radius 1 is 1.14 bits per heavy atom. The van der Waals surface area contributed by atoms with Crippen LogP contribution in [0, 0.1) is 6.92 Å². The molecule has 0 radical (unpaired) electrons. The Morgan fingerprint density at radius 2 is 1.92 bits per heavy atom. The van der Waals surface area contributed by atoms with Crippen LogP contribution in [0.15, 0.2) is 53.4 Å². The van der Waals surface area contributed by atoms with Gasteiger partial charge in [0.1, 0.15) is 0 Å². The Bertz CT molecular complexity index is 1460. The van der Waals surface area contributed by atoms with Gasteiger partial charge in [0.2, 0.25) is 27.4 Å². The lowest BCUT2D eigenvalue weighted by atomic mass is 10.1. The van der Waals surface area contributed by atoms with Crippen LogP contribution in [0.5, 0.6) is 0 Å². The lowest BCUT2D eigenvalue weighted by Crippen LogP contribution is -2.40. The number of hydrogen-bond acceptors (Lipinski definition) is 8. The Labute approximate surface area is 209 Å². The minimum absolute atomic E-state index is 0.100. The fraction of sp³-hybridized carbons (Fsp3) is 0.292. The van der Waals surface area contributed by atoms with Crippen molar-refractivity contribution < 1.29 is 18.1 Å². The molecule has 0 saturated carbocycles. The molecule has 1 aliphatic rings. The summed E-state index contributed by atoms with van der Waals surface area (Å²) in [6.45, 7) is 5.44. The summed E-state index contributed by atoms with van der Waals surface area (Å²) in [5, 5.41) is 11.8. The molecule has 1 saturated heterocycles. The highest BCUT2D eigenvalue weighted by Gasteiger charge is 2.24. The number of fused-ring (bicyclic) bond motifs is 1. The smallest absolute Gasteiger partial charge is 0.347 e. The zero-order valence-electron chi connectivity index (χ0n) is 19.9. The molecule has 0 aliphatic carbocycles. The van der Waals surface area contributed by atoms with Gasteiger partial charge in [0.25, 0.3) is 0 Å². The maximum atomic E-state index is 11.5. The number of sulfonamides is 1. The Morgan fingerprint density at radius 3 is 2.64 bits per heavy atom. The second-order valence-electron chi connectivity index (χ2n) is 8.68. The molecule has 5 rings (SSSR count). The lowest BCUT2D eigenvalue weighted by Gasteiger charge is -2.24. The molecule has 1 fully saturated rings. The second kappa shape index (κ2) is 10.1. The molecule has 188 valence electrons. The monoisotopic (exact) mass is 509 g/mol. The Hall–Kier alpha value is -3.74. The average molecular weight is 510 g/mol. The van der Waals surface area contributed by atoms with Gasteiger partial charge in [-0.2, -0.15) is 4.98 Å². The van der Waals surface area contributed by atoms with Crippen molar-refractivity contribution >= 4 is 44.6 Å². The van der Waals surface area contributed by atoms with Crippen molar-refractivity contribution in [3.05, 3.63) is 59.7 Å². The number of ether oxygens (including phenoxy) is 1. The van der Waals surface area contributed by atoms with Gasteiger partial charge in [0.05, 0.1) is 37.7 Å². The van der Waals surface area contributed by atoms with Crippen LogP contribution in [-0.4, -0.2) is 56.2 Å². The third kappa shape index (κ3) is 5.56. The summed E-state index contributed by atoms with van der Waals surface area (Å²) in [5.74, 6) is 2.10. The highest BCUT2D eigenvalue weighted by molar-refractivity contribution is 7.89. The standard InChI is InChI=1S/C24H28N8O3S/c1-16-3-2-4-18(15-16)27-24-28-20-21(30-24)29-23(31-22(20)32-11-13-35-14-12-32)26-10-9-17-5-7-19(8-6-17)36(25,33)34/h2-8,15H,9-14H2,1H3,(H2,25,33,34)(H3,26,27,28,29,30,31)/p+1. The number of nitrogens with one attached hydrogen (secondary N) is 4. The molecule has 0 spiro atoms. The molecule has 6 N–H and O–H groups in total. The molecule has 2 aromatic heterocycles. The molecule has 11 nitrogen and oxygen atoms in total. The minimum Gasteiger partial charge on any atom is -0.376 e. The Balaban J connectivity index is 1.37. The number of aryl methyl sites for hydroxylation is 1. The van der Waals surface area contributed by atoms with Gasteiger partial charge in [-0.3, -0.25) is 5.32 Å². The summed E-state index contributed by atoms with van der Waals surface area (Å²) < 4.78 is 28.5. The van der Waals surface area contributed by atoms with Crippen molar-refractivity contribution in [2.75, 3.05) is 48.4 Å². The van der Waals surface area contributed by atoms with E-state index in [9.17, 15) is 8.42 Å². The maximum absolute atomic E-state index is 11.5. The van der Waals surface area contributed by atoms with E-state index < -0.39 is 10.0 Å². The van der Waals surface area contributed by atoms with Gasteiger partial charge in [-0.15, -0.1) is 0 Å². The normalized spacial score (nSPS) is 14.2. The fourth-order valence-corrected chi connectivity index (χ4v) is 4.63. The van der Waals surface area contributed by atoms with E-state index >= 15 is 0 Å². The first-order valence-electron chi connectivity index (χ1n) is 11.7. The number of hydrogen-bond donors (Lipinski definition) is 4. The average Bonchev–Trinajstić information content (AvgIpc) is 3.26. The zero-order valence-corrected chi connectivity index (χ0v) is 20.7. The molecular formula is C24H29N8O3S+. The fourth-order valence-electron chi connectivity index (χ4n) is 4.12. The first kappa shape index (κ1) is 24.0. The first-order chi connectivity index (χ1) is 17.3. The SMILES string of the molecule is Cc1cccc(Nc2nc3nc(NCCc4ccc(S(N)(=O)=O)cc4)[nH+]c(N4CCOCC4)c3[nH]2)c1. The van der Waals surface area contributed by atoms with Crippen molar-refractivity contribution in [3.63, 3.8) is 0 Å². The number of benzene rings is 2. The quantitative estimate of drug-likeness (QED) is 0.281. The number of primary sulfonamides is 1. The van der Waals surface area contributed by atoms with Crippen LogP contribution in [-0.2, 0) is 21.2 Å². The van der Waals surface area contributed by atoms with Crippen LogP contribution in [0.4, 0.5) is 23.4 Å². The number of aromatic amines is 2. The van der Waals surface area contributed by atoms with Crippen molar-refractivity contribution in [1.29, 1.82) is 0 Å². The van der Waals surface area contributed by atoms with Crippen molar-refractivity contribution in [2.45, 2.75) is 18.2 Å². The lowest BCUT2D eigenvalue weighted by molar-refractivity contribution is -0.349. The third-order valence-corrected chi connectivity index (χ3v) is 6.87. The summed E-state index contributed by atoms with van der Waals surface area (Å²) in [4.78, 5) is 18.5. The number of imidazole rings is 1. The van der Waals surface area contributed by atoms with Crippen molar-refractivity contribution in [2.24, 2.45) is 5.14 Å². The zero-order chi connectivity index (χ0) is 25.1. The van der Waals surface area contributed by atoms with Crippen LogP contribution in [0.3, 0.4) is 0 Å². The number of nitrogens with two attached hydrogens (primary N) is 1. The van der Waals surface area contributed by atoms with E-state index in [4.69, 9.17) is 9.88 Å². The van der Waals surface area contributed by atoms with Crippen LogP contribution in [0.25, 0.3) is 11.2 Å². The number of anilines is 4. The van der Waals surface area contributed by atoms with E-state index in [-0.39, 0.29) is 4.90 Å². The summed E-state index contributed by atoms with van der Waals surface area (Å²) in [5.41, 5.74) is 4.48. The predicted octanol–water partition coefficient (Wildman–Crippen LogP) is 1.96. The Kier molecular flexibility index (Phi) is 6.72. The molecule has 36 heavy (non-hydrogen) atoms.